The van der Waals surface area contributed by atoms with Gasteiger partial charge in [0.2, 0.25) is 0 Å². The van der Waals surface area contributed by atoms with Gasteiger partial charge >= 0.3 is 0 Å². The number of nitrogens with zero attached hydrogens (tertiary/aromatic N) is 4. The molecule has 0 bridgehead atoms. The van der Waals surface area contributed by atoms with Crippen LogP contribution in [0, 0.1) is 0 Å². The summed E-state index contributed by atoms with van der Waals surface area (Å²) in [5.74, 6) is 0. The fourth-order valence-electron chi connectivity index (χ4n) is 3.02. The van der Waals surface area contributed by atoms with Crippen molar-refractivity contribution in [2.45, 2.75) is 12.1 Å². The molecule has 3 heterocycles. The number of likely N-dealkylation sites (N-methyl/N-ethyl adjacent to an activating group) is 1. The lowest BCUT2D eigenvalue weighted by molar-refractivity contribution is 0.277. The number of pyridine rings is 1. The monoisotopic (exact) mass is 329 g/mol. The molecule has 1 aliphatic heterocycles. The SMILES string of the molecule is CN(C)CCN1C(=S)N[C@H](c2ccccn2)[C@H]1c1ccn(C)c1. The Bertz CT molecular complexity index is 667. The van der Waals surface area contributed by atoms with E-state index in [9.17, 15) is 0 Å². The molecule has 2 aromatic heterocycles. The number of aromatic nitrogens is 2. The Morgan fingerprint density at radius 2 is 2.13 bits per heavy atom. The molecule has 1 N–H and O–H groups in total. The van der Waals surface area contributed by atoms with Crippen LogP contribution in [-0.2, 0) is 7.05 Å². The maximum Gasteiger partial charge on any atom is 0.170 e. The van der Waals surface area contributed by atoms with Crippen LogP contribution in [0.1, 0.15) is 23.3 Å². The zero-order valence-corrected chi connectivity index (χ0v) is 14.6. The highest BCUT2D eigenvalue weighted by Gasteiger charge is 2.39. The lowest BCUT2D eigenvalue weighted by atomic mass is 9.99. The zero-order valence-electron chi connectivity index (χ0n) is 13.8. The molecular weight excluding hydrogens is 306 g/mol. The first-order valence-electron chi connectivity index (χ1n) is 7.81. The molecule has 0 aliphatic carbocycles. The summed E-state index contributed by atoms with van der Waals surface area (Å²) in [6.07, 6.45) is 6.08. The summed E-state index contributed by atoms with van der Waals surface area (Å²) in [5, 5.41) is 4.27. The van der Waals surface area contributed by atoms with Crippen molar-refractivity contribution in [3.05, 3.63) is 54.1 Å². The Balaban J connectivity index is 1.94. The average molecular weight is 329 g/mol. The predicted molar refractivity (Wildman–Crippen MR) is 96.1 cm³/mol. The smallest absolute Gasteiger partial charge is 0.170 e. The van der Waals surface area contributed by atoms with E-state index in [1.807, 2.05) is 25.4 Å². The highest BCUT2D eigenvalue weighted by atomic mass is 32.1. The van der Waals surface area contributed by atoms with Crippen LogP contribution in [0.25, 0.3) is 0 Å². The van der Waals surface area contributed by atoms with Crippen molar-refractivity contribution in [2.24, 2.45) is 7.05 Å². The Labute approximate surface area is 142 Å². The summed E-state index contributed by atoms with van der Waals surface area (Å²) < 4.78 is 2.08. The van der Waals surface area contributed by atoms with Gasteiger partial charge in [-0.05, 0) is 50.1 Å². The summed E-state index contributed by atoms with van der Waals surface area (Å²) in [7, 11) is 6.21. The van der Waals surface area contributed by atoms with Crippen LogP contribution < -0.4 is 5.32 Å². The van der Waals surface area contributed by atoms with Gasteiger partial charge in [0, 0.05) is 38.7 Å². The normalized spacial score (nSPS) is 21.0. The van der Waals surface area contributed by atoms with Gasteiger partial charge in [0.15, 0.2) is 5.11 Å². The quantitative estimate of drug-likeness (QED) is 0.849. The largest absolute Gasteiger partial charge is 0.357 e. The number of hydrogen-bond acceptors (Lipinski definition) is 3. The first kappa shape index (κ1) is 16.0. The third-order valence-corrected chi connectivity index (χ3v) is 4.53. The second-order valence-corrected chi connectivity index (χ2v) is 6.62. The zero-order chi connectivity index (χ0) is 16.4. The van der Waals surface area contributed by atoms with Gasteiger partial charge < -0.3 is 19.7 Å². The minimum atomic E-state index is 0.0771. The molecular formula is C17H23N5S. The summed E-state index contributed by atoms with van der Waals surface area (Å²) >= 11 is 5.62. The van der Waals surface area contributed by atoms with E-state index in [1.165, 1.54) is 5.56 Å². The number of aryl methyl sites for hydroxylation is 1. The predicted octanol–water partition coefficient (Wildman–Crippen LogP) is 1.95. The minimum absolute atomic E-state index is 0.0771. The van der Waals surface area contributed by atoms with Gasteiger partial charge in [-0.3, -0.25) is 4.98 Å². The second-order valence-electron chi connectivity index (χ2n) is 6.23. The lowest BCUT2D eigenvalue weighted by Gasteiger charge is -2.28. The van der Waals surface area contributed by atoms with Gasteiger partial charge in [-0.1, -0.05) is 6.07 Å². The molecule has 1 aliphatic rings. The topological polar surface area (TPSA) is 36.3 Å². The molecule has 6 heteroatoms. The molecule has 0 saturated carbocycles. The van der Waals surface area contributed by atoms with E-state index in [2.05, 4.69) is 63.3 Å². The maximum absolute atomic E-state index is 5.62. The van der Waals surface area contributed by atoms with Gasteiger partial charge in [-0.25, -0.2) is 0 Å². The van der Waals surface area contributed by atoms with Crippen LogP contribution in [0.4, 0.5) is 0 Å². The van der Waals surface area contributed by atoms with Crippen molar-refractivity contribution >= 4 is 17.3 Å². The molecule has 2 aromatic rings. The van der Waals surface area contributed by atoms with Crippen LogP contribution in [-0.4, -0.2) is 51.6 Å². The molecule has 5 nitrogen and oxygen atoms in total. The lowest BCUT2D eigenvalue weighted by Crippen LogP contribution is -2.35. The van der Waals surface area contributed by atoms with E-state index in [-0.39, 0.29) is 12.1 Å². The Morgan fingerprint density at radius 3 is 2.74 bits per heavy atom. The van der Waals surface area contributed by atoms with E-state index >= 15 is 0 Å². The summed E-state index contributed by atoms with van der Waals surface area (Å²) in [5.41, 5.74) is 2.28. The highest BCUT2D eigenvalue weighted by molar-refractivity contribution is 7.80. The molecule has 0 radical (unpaired) electrons. The molecule has 0 spiro atoms. The Hall–Kier alpha value is -1.92. The standard InChI is InChI=1S/C17H23N5S/c1-20(2)10-11-22-16(13-7-9-21(3)12-13)15(19-17(22)23)14-6-4-5-8-18-14/h4-9,12,15-16H,10-11H2,1-3H3,(H,19,23)/t15-,16-/m1/s1. The van der Waals surface area contributed by atoms with Gasteiger partial charge in [0.1, 0.15) is 0 Å². The number of rotatable bonds is 5. The minimum Gasteiger partial charge on any atom is -0.357 e. The van der Waals surface area contributed by atoms with Crippen LogP contribution in [0.3, 0.4) is 0 Å². The van der Waals surface area contributed by atoms with Crippen molar-refractivity contribution in [2.75, 3.05) is 27.2 Å². The number of hydrogen-bond donors (Lipinski definition) is 1. The van der Waals surface area contributed by atoms with Gasteiger partial charge in [0.05, 0.1) is 17.8 Å². The van der Waals surface area contributed by atoms with E-state index in [0.29, 0.717) is 0 Å². The molecule has 122 valence electrons. The van der Waals surface area contributed by atoms with Crippen LogP contribution in [0.2, 0.25) is 0 Å². The van der Waals surface area contributed by atoms with E-state index in [1.54, 1.807) is 0 Å². The van der Waals surface area contributed by atoms with Gasteiger partial charge in [0.25, 0.3) is 0 Å². The molecule has 0 aromatic carbocycles. The first-order valence-corrected chi connectivity index (χ1v) is 8.22. The first-order chi connectivity index (χ1) is 11.1. The van der Waals surface area contributed by atoms with E-state index in [4.69, 9.17) is 12.2 Å². The molecule has 3 rings (SSSR count). The van der Waals surface area contributed by atoms with Crippen LogP contribution >= 0.6 is 12.2 Å². The summed E-state index contributed by atoms with van der Waals surface area (Å²) in [6.45, 7) is 1.85. The molecule has 1 fully saturated rings. The van der Waals surface area contributed by atoms with Crippen LogP contribution in [0.5, 0.6) is 0 Å². The fourth-order valence-corrected chi connectivity index (χ4v) is 3.35. The van der Waals surface area contributed by atoms with Crippen LogP contribution in [0.15, 0.2) is 42.9 Å². The van der Waals surface area contributed by atoms with Crippen molar-refractivity contribution in [3.63, 3.8) is 0 Å². The summed E-state index contributed by atoms with van der Waals surface area (Å²) in [4.78, 5) is 9.00. The Kier molecular flexibility index (Phi) is 4.63. The third kappa shape index (κ3) is 3.38. The van der Waals surface area contributed by atoms with Crippen molar-refractivity contribution < 1.29 is 0 Å². The van der Waals surface area contributed by atoms with E-state index in [0.717, 1.165) is 23.9 Å². The molecule has 0 amide bonds. The second kappa shape index (κ2) is 6.68. The molecule has 2 atom stereocenters. The van der Waals surface area contributed by atoms with Gasteiger partial charge in [-0.2, -0.15) is 0 Å². The highest BCUT2D eigenvalue weighted by Crippen LogP contribution is 2.38. The maximum atomic E-state index is 5.62. The summed E-state index contributed by atoms with van der Waals surface area (Å²) in [6, 6.07) is 8.44. The van der Waals surface area contributed by atoms with Crippen molar-refractivity contribution in [1.29, 1.82) is 0 Å². The molecule has 0 unspecified atom stereocenters. The van der Waals surface area contributed by atoms with Crippen molar-refractivity contribution in [1.82, 2.24) is 24.7 Å². The average Bonchev–Trinajstić information content (AvgIpc) is 3.09. The number of nitrogens with one attached hydrogen (secondary N) is 1. The fraction of sp³-hybridized carbons (Fsp3) is 0.412. The van der Waals surface area contributed by atoms with Crippen molar-refractivity contribution in [3.8, 4) is 0 Å². The number of thiocarbonyl (C=S) groups is 1. The molecule has 1 saturated heterocycles. The third-order valence-electron chi connectivity index (χ3n) is 4.18. The van der Waals surface area contributed by atoms with E-state index < -0.39 is 0 Å². The Morgan fingerprint density at radius 1 is 1.30 bits per heavy atom. The van der Waals surface area contributed by atoms with Gasteiger partial charge in [-0.15, -0.1) is 0 Å². The molecule has 23 heavy (non-hydrogen) atoms.